The molecule has 0 fully saturated rings. The second-order valence-corrected chi connectivity index (χ2v) is 31.2. The molecule has 9 heteroatoms. The summed E-state index contributed by atoms with van der Waals surface area (Å²) in [6.07, 6.45) is 78.8. The van der Waals surface area contributed by atoms with Gasteiger partial charge in [-0.25, -0.2) is 16.8 Å². The molecule has 0 aliphatic heterocycles. The predicted octanol–water partition coefficient (Wildman–Crippen LogP) is 27.2. The van der Waals surface area contributed by atoms with Crippen LogP contribution in [0.2, 0.25) is 0 Å². The molecule has 0 radical (unpaired) electrons. The van der Waals surface area contributed by atoms with Gasteiger partial charge in [0.15, 0.2) is 0 Å². The SMILES string of the molecule is CCCCCCCCCCCCCCCCc1ccc2c(CCCCCCCCCCCCCCCC)ccc(S(=O)(=O)[O-])c2c1.CCCCCCCCCCCCCCCCc1ccc2c(CCCCCCCCCCCCCCCC)ccc(S(=O)(=O)[O-])c2c1.[Ba+2]. The van der Waals surface area contributed by atoms with Gasteiger partial charge in [0.2, 0.25) is 0 Å². The first-order chi connectivity index (χ1) is 44.9. The maximum Gasteiger partial charge on any atom is 2.00 e. The molecule has 93 heavy (non-hydrogen) atoms. The van der Waals surface area contributed by atoms with Gasteiger partial charge >= 0.3 is 48.9 Å². The van der Waals surface area contributed by atoms with Crippen LogP contribution in [0.15, 0.2) is 70.5 Å². The predicted molar refractivity (Wildman–Crippen MR) is 406 cm³/mol. The van der Waals surface area contributed by atoms with Gasteiger partial charge in [-0.3, -0.25) is 0 Å². The van der Waals surface area contributed by atoms with E-state index in [9.17, 15) is 25.9 Å². The molecule has 4 rings (SSSR count). The van der Waals surface area contributed by atoms with Gasteiger partial charge in [0.05, 0.1) is 9.79 Å². The molecule has 0 unspecified atom stereocenters. The number of benzene rings is 4. The number of hydrogen-bond donors (Lipinski definition) is 0. The first-order valence-electron chi connectivity index (χ1n) is 39.9. The largest absolute Gasteiger partial charge is 2.00 e. The van der Waals surface area contributed by atoms with Crippen LogP contribution in [0.5, 0.6) is 0 Å². The first-order valence-corrected chi connectivity index (χ1v) is 42.8. The van der Waals surface area contributed by atoms with E-state index in [2.05, 4.69) is 52.0 Å². The van der Waals surface area contributed by atoms with E-state index in [1.807, 2.05) is 24.3 Å². The molecule has 0 saturated heterocycles. The van der Waals surface area contributed by atoms with Crippen molar-refractivity contribution in [1.82, 2.24) is 0 Å². The topological polar surface area (TPSA) is 114 Å². The van der Waals surface area contributed by atoms with E-state index in [1.54, 1.807) is 12.1 Å². The molecule has 0 heterocycles. The van der Waals surface area contributed by atoms with Crippen LogP contribution in [0.1, 0.15) is 410 Å². The number of aryl methyl sites for hydroxylation is 4. The number of hydrogen-bond acceptors (Lipinski definition) is 6. The van der Waals surface area contributed by atoms with Crippen LogP contribution in [-0.4, -0.2) is 74.8 Å². The summed E-state index contributed by atoms with van der Waals surface area (Å²) in [5, 5.41) is 3.13. The minimum absolute atomic E-state index is 0. The third kappa shape index (κ3) is 44.5. The Kier molecular flexibility index (Phi) is 56.4. The van der Waals surface area contributed by atoms with Crippen molar-refractivity contribution in [3.8, 4) is 0 Å². The van der Waals surface area contributed by atoms with Gasteiger partial charge in [-0.05, 0) is 119 Å². The minimum Gasteiger partial charge on any atom is -0.744 e. The summed E-state index contributed by atoms with van der Waals surface area (Å²) in [5.41, 5.74) is 4.63. The fraction of sp³-hybridized carbons (Fsp3) is 0.762. The normalized spacial score (nSPS) is 11.8. The summed E-state index contributed by atoms with van der Waals surface area (Å²) in [6, 6.07) is 19.3. The van der Waals surface area contributed by atoms with E-state index in [0.29, 0.717) is 10.8 Å². The van der Waals surface area contributed by atoms with Crippen molar-refractivity contribution in [2.24, 2.45) is 0 Å². The second-order valence-electron chi connectivity index (χ2n) is 28.5. The van der Waals surface area contributed by atoms with Gasteiger partial charge in [-0.15, -0.1) is 0 Å². The van der Waals surface area contributed by atoms with Crippen molar-refractivity contribution in [2.45, 2.75) is 423 Å². The van der Waals surface area contributed by atoms with E-state index < -0.39 is 20.2 Å². The smallest absolute Gasteiger partial charge is 0.744 e. The Bertz CT molecular complexity index is 2430. The zero-order valence-corrected chi connectivity index (χ0v) is 67.2. The Morgan fingerprint density at radius 3 is 0.602 bits per heavy atom. The second kappa shape index (κ2) is 59.6. The Morgan fingerprint density at radius 2 is 0.409 bits per heavy atom. The molecule has 0 aromatic heterocycles. The van der Waals surface area contributed by atoms with Crippen molar-refractivity contribution in [3.05, 3.63) is 82.9 Å². The van der Waals surface area contributed by atoms with Crippen molar-refractivity contribution >= 4 is 90.7 Å². The van der Waals surface area contributed by atoms with Crippen LogP contribution in [0.3, 0.4) is 0 Å². The molecular formula is C84H142BaO6S2. The molecule has 6 nitrogen and oxygen atoms in total. The number of fused-ring (bicyclic) bond motifs is 2. The monoisotopic (exact) mass is 1450 g/mol. The van der Waals surface area contributed by atoms with Gasteiger partial charge in [-0.1, -0.05) is 398 Å². The van der Waals surface area contributed by atoms with Gasteiger partial charge in [-0.2, -0.15) is 0 Å². The summed E-state index contributed by atoms with van der Waals surface area (Å²) >= 11 is 0. The summed E-state index contributed by atoms with van der Waals surface area (Å²) in [4.78, 5) is -0.120. The molecule has 0 amide bonds. The fourth-order valence-electron chi connectivity index (χ4n) is 14.1. The Hall–Kier alpha value is -1.21. The third-order valence-corrected chi connectivity index (χ3v) is 21.8. The molecule has 0 spiro atoms. The molecule has 0 bridgehead atoms. The molecule has 0 aliphatic carbocycles. The number of rotatable bonds is 62. The van der Waals surface area contributed by atoms with Crippen LogP contribution in [0, 0.1) is 0 Å². The zero-order valence-electron chi connectivity index (χ0n) is 61.2. The van der Waals surface area contributed by atoms with E-state index in [-0.39, 0.29) is 58.7 Å². The molecule has 4 aromatic rings. The van der Waals surface area contributed by atoms with Crippen LogP contribution in [0.4, 0.5) is 0 Å². The fourth-order valence-corrected chi connectivity index (χ4v) is 15.5. The van der Waals surface area contributed by atoms with Crippen LogP contribution in [0.25, 0.3) is 21.5 Å². The molecular weight excluding hydrogens is 1310 g/mol. The van der Waals surface area contributed by atoms with E-state index in [0.717, 1.165) is 73.3 Å². The average molecular weight is 1450 g/mol. The van der Waals surface area contributed by atoms with Crippen molar-refractivity contribution < 1.29 is 25.9 Å². The minimum atomic E-state index is -4.51. The Labute approximate surface area is 616 Å². The quantitative estimate of drug-likeness (QED) is 0.0247. The summed E-state index contributed by atoms with van der Waals surface area (Å²) in [6.45, 7) is 9.11. The maximum atomic E-state index is 12.1. The zero-order chi connectivity index (χ0) is 66.3. The maximum absolute atomic E-state index is 12.1. The Balaban J connectivity index is 0.000000627. The van der Waals surface area contributed by atoms with Gasteiger partial charge in [0, 0.05) is 0 Å². The molecule has 528 valence electrons. The molecule has 0 aliphatic rings. The van der Waals surface area contributed by atoms with E-state index in [4.69, 9.17) is 0 Å². The molecule has 0 N–H and O–H groups in total. The van der Waals surface area contributed by atoms with Crippen molar-refractivity contribution in [2.75, 3.05) is 0 Å². The first kappa shape index (κ1) is 87.9. The summed E-state index contributed by atoms with van der Waals surface area (Å²) in [5.74, 6) is 0. The molecule has 0 atom stereocenters. The van der Waals surface area contributed by atoms with Gasteiger partial charge < -0.3 is 9.11 Å². The summed E-state index contributed by atoms with van der Waals surface area (Å²) in [7, 11) is -9.02. The number of unbranched alkanes of at least 4 members (excludes halogenated alkanes) is 52. The van der Waals surface area contributed by atoms with Gasteiger partial charge in [0.1, 0.15) is 20.2 Å². The Morgan fingerprint density at radius 1 is 0.226 bits per heavy atom. The van der Waals surface area contributed by atoms with Crippen LogP contribution < -0.4 is 0 Å². The van der Waals surface area contributed by atoms with Gasteiger partial charge in [0.25, 0.3) is 0 Å². The standard InChI is InChI=1S/2C42H72O3S.Ba/c2*1-3-5-7-9-11-13-15-17-19-21-23-25-27-29-31-38-33-35-40-39(34-36-42(41(40)37-38)46(43,44)45)32-30-28-26-24-22-20-18-16-14-12-10-8-6-4-2;/h2*33-37H,3-32H2,1-2H3,(H,43,44,45);/q;;+2/p-2. The van der Waals surface area contributed by atoms with Crippen molar-refractivity contribution in [3.63, 3.8) is 0 Å². The van der Waals surface area contributed by atoms with Crippen LogP contribution >= 0.6 is 0 Å². The average Bonchev–Trinajstić information content (AvgIpc) is 0.796. The van der Waals surface area contributed by atoms with Crippen molar-refractivity contribution in [1.29, 1.82) is 0 Å². The van der Waals surface area contributed by atoms with E-state index >= 15 is 0 Å². The van der Waals surface area contributed by atoms with Crippen LogP contribution in [-0.2, 0) is 45.9 Å². The molecule has 4 aromatic carbocycles. The molecule has 0 saturated carbocycles. The third-order valence-electron chi connectivity index (χ3n) is 20.0. The summed E-state index contributed by atoms with van der Waals surface area (Å²) < 4.78 is 72.6. The van der Waals surface area contributed by atoms with E-state index in [1.165, 1.54) is 345 Å².